The quantitative estimate of drug-likeness (QED) is 0.681. The van der Waals surface area contributed by atoms with Gasteiger partial charge in [-0.2, -0.15) is 0 Å². The van der Waals surface area contributed by atoms with E-state index in [1.165, 1.54) is 12.8 Å². The summed E-state index contributed by atoms with van der Waals surface area (Å²) in [5, 5.41) is 12.6. The lowest BCUT2D eigenvalue weighted by Crippen LogP contribution is -2.21. The van der Waals surface area contributed by atoms with Crippen LogP contribution in [0.15, 0.2) is 24.3 Å². The Morgan fingerprint density at radius 3 is 2.75 bits per heavy atom. The van der Waals surface area contributed by atoms with Crippen LogP contribution < -0.4 is 11.1 Å². The van der Waals surface area contributed by atoms with E-state index in [0.29, 0.717) is 18.4 Å². The molecular weight excluding hydrogens is 200 g/mol. The zero-order valence-corrected chi connectivity index (χ0v) is 9.52. The minimum atomic E-state index is 0.316. The van der Waals surface area contributed by atoms with Gasteiger partial charge in [-0.25, -0.2) is 0 Å². The summed E-state index contributed by atoms with van der Waals surface area (Å²) in [6.07, 6.45) is 3.61. The Kier molecular flexibility index (Phi) is 3.67. The fraction of sp³-hybridized carbons (Fsp3) is 0.538. The van der Waals surface area contributed by atoms with Crippen LogP contribution in [0.4, 0.5) is 11.4 Å². The molecule has 3 heteroatoms. The summed E-state index contributed by atoms with van der Waals surface area (Å²) in [4.78, 5) is 0. The third-order valence-electron chi connectivity index (χ3n) is 3.57. The molecule has 1 aromatic carbocycles. The molecule has 1 aliphatic carbocycles. The van der Waals surface area contributed by atoms with Crippen LogP contribution in [0.2, 0.25) is 0 Å². The first kappa shape index (κ1) is 11.3. The number of para-hydroxylation sites is 2. The van der Waals surface area contributed by atoms with Crippen LogP contribution in [0, 0.1) is 11.8 Å². The summed E-state index contributed by atoms with van der Waals surface area (Å²) in [6, 6.07) is 7.82. The van der Waals surface area contributed by atoms with E-state index >= 15 is 0 Å². The number of rotatable bonds is 4. The van der Waals surface area contributed by atoms with E-state index in [4.69, 9.17) is 5.73 Å². The van der Waals surface area contributed by atoms with Gasteiger partial charge in [-0.15, -0.1) is 0 Å². The number of nitrogen functional groups attached to an aromatic ring is 1. The van der Waals surface area contributed by atoms with Crippen LogP contribution in [0.5, 0.6) is 0 Å². The standard InChI is InChI=1S/C13H20N2O/c14-12-6-1-2-7-13(12)15-8-10-4-3-5-11(10)9-16/h1-2,6-7,10-11,15-16H,3-5,8-9,14H2. The van der Waals surface area contributed by atoms with Gasteiger partial charge >= 0.3 is 0 Å². The third kappa shape index (κ3) is 2.47. The van der Waals surface area contributed by atoms with E-state index in [-0.39, 0.29) is 0 Å². The van der Waals surface area contributed by atoms with Crippen molar-refractivity contribution in [2.75, 3.05) is 24.2 Å². The second-order valence-corrected chi connectivity index (χ2v) is 4.60. The summed E-state index contributed by atoms with van der Waals surface area (Å²) < 4.78 is 0. The molecule has 2 atom stereocenters. The molecule has 1 saturated carbocycles. The first-order valence-corrected chi connectivity index (χ1v) is 6.00. The van der Waals surface area contributed by atoms with Crippen molar-refractivity contribution < 1.29 is 5.11 Å². The minimum Gasteiger partial charge on any atom is -0.397 e. The fourth-order valence-electron chi connectivity index (χ4n) is 2.52. The molecule has 1 aliphatic rings. The van der Waals surface area contributed by atoms with Crippen molar-refractivity contribution in [1.82, 2.24) is 0 Å². The second kappa shape index (κ2) is 5.21. The van der Waals surface area contributed by atoms with Crippen LogP contribution in [-0.4, -0.2) is 18.3 Å². The van der Waals surface area contributed by atoms with Crippen LogP contribution >= 0.6 is 0 Å². The summed E-state index contributed by atoms with van der Waals surface area (Å²) in [6.45, 7) is 1.23. The molecule has 0 amide bonds. The molecule has 1 aromatic rings. The summed E-state index contributed by atoms with van der Waals surface area (Å²) >= 11 is 0. The molecule has 0 aliphatic heterocycles. The van der Waals surface area contributed by atoms with Gasteiger partial charge in [-0.05, 0) is 36.8 Å². The average Bonchev–Trinajstić information content (AvgIpc) is 2.75. The molecule has 0 saturated heterocycles. The SMILES string of the molecule is Nc1ccccc1NCC1CCCC1CO. The van der Waals surface area contributed by atoms with Gasteiger partial charge in [0, 0.05) is 13.2 Å². The molecule has 4 N–H and O–H groups in total. The lowest BCUT2D eigenvalue weighted by Gasteiger charge is -2.19. The molecule has 88 valence electrons. The highest BCUT2D eigenvalue weighted by Gasteiger charge is 2.26. The van der Waals surface area contributed by atoms with Gasteiger partial charge in [0.25, 0.3) is 0 Å². The normalized spacial score (nSPS) is 24.6. The van der Waals surface area contributed by atoms with Crippen molar-refractivity contribution in [2.24, 2.45) is 11.8 Å². The van der Waals surface area contributed by atoms with Crippen molar-refractivity contribution in [3.8, 4) is 0 Å². The van der Waals surface area contributed by atoms with E-state index < -0.39 is 0 Å². The van der Waals surface area contributed by atoms with Gasteiger partial charge in [0.1, 0.15) is 0 Å². The number of anilines is 2. The van der Waals surface area contributed by atoms with Crippen molar-refractivity contribution in [1.29, 1.82) is 0 Å². The maximum Gasteiger partial charge on any atom is 0.0574 e. The molecule has 3 nitrogen and oxygen atoms in total. The predicted octanol–water partition coefficient (Wildman–Crippen LogP) is 2.09. The lowest BCUT2D eigenvalue weighted by atomic mass is 9.97. The topological polar surface area (TPSA) is 58.3 Å². The molecule has 0 radical (unpaired) electrons. The Balaban J connectivity index is 1.90. The number of nitrogens with one attached hydrogen (secondary N) is 1. The molecule has 2 unspecified atom stereocenters. The van der Waals surface area contributed by atoms with E-state index in [1.54, 1.807) is 0 Å². The van der Waals surface area contributed by atoms with Crippen LogP contribution in [0.25, 0.3) is 0 Å². The van der Waals surface area contributed by atoms with Gasteiger partial charge in [0.15, 0.2) is 0 Å². The van der Waals surface area contributed by atoms with E-state index in [0.717, 1.165) is 24.3 Å². The molecule has 0 aromatic heterocycles. The molecule has 0 bridgehead atoms. The Bertz CT molecular complexity index is 340. The smallest absolute Gasteiger partial charge is 0.0574 e. The minimum absolute atomic E-state index is 0.316. The number of benzene rings is 1. The van der Waals surface area contributed by atoms with Crippen molar-refractivity contribution in [3.05, 3.63) is 24.3 Å². The number of hydrogen-bond donors (Lipinski definition) is 3. The van der Waals surface area contributed by atoms with Crippen molar-refractivity contribution in [2.45, 2.75) is 19.3 Å². The fourth-order valence-corrected chi connectivity index (χ4v) is 2.52. The van der Waals surface area contributed by atoms with Crippen molar-refractivity contribution in [3.63, 3.8) is 0 Å². The summed E-state index contributed by atoms with van der Waals surface area (Å²) in [5.74, 6) is 1.06. The van der Waals surface area contributed by atoms with Crippen LogP contribution in [-0.2, 0) is 0 Å². The lowest BCUT2D eigenvalue weighted by molar-refractivity contribution is 0.199. The predicted molar refractivity (Wildman–Crippen MR) is 67.3 cm³/mol. The molecule has 16 heavy (non-hydrogen) atoms. The van der Waals surface area contributed by atoms with Gasteiger partial charge in [0.05, 0.1) is 11.4 Å². The highest BCUT2D eigenvalue weighted by Crippen LogP contribution is 2.31. The number of aliphatic hydroxyl groups is 1. The maximum absolute atomic E-state index is 9.24. The van der Waals surface area contributed by atoms with E-state index in [9.17, 15) is 5.11 Å². The molecular formula is C13H20N2O. The van der Waals surface area contributed by atoms with E-state index in [2.05, 4.69) is 5.32 Å². The monoisotopic (exact) mass is 220 g/mol. The van der Waals surface area contributed by atoms with Gasteiger partial charge in [-0.3, -0.25) is 0 Å². The van der Waals surface area contributed by atoms with E-state index in [1.807, 2.05) is 24.3 Å². The molecule has 1 fully saturated rings. The Morgan fingerprint density at radius 2 is 2.00 bits per heavy atom. The zero-order chi connectivity index (χ0) is 11.4. The number of hydrogen-bond acceptors (Lipinski definition) is 3. The third-order valence-corrected chi connectivity index (χ3v) is 3.57. The van der Waals surface area contributed by atoms with Crippen LogP contribution in [0.3, 0.4) is 0 Å². The van der Waals surface area contributed by atoms with Gasteiger partial charge < -0.3 is 16.2 Å². The Labute approximate surface area is 96.7 Å². The molecule has 2 rings (SSSR count). The summed E-state index contributed by atoms with van der Waals surface area (Å²) in [5.41, 5.74) is 7.66. The number of nitrogens with two attached hydrogens (primary N) is 1. The Morgan fingerprint density at radius 1 is 1.25 bits per heavy atom. The first-order chi connectivity index (χ1) is 7.81. The van der Waals surface area contributed by atoms with Gasteiger partial charge in [0.2, 0.25) is 0 Å². The first-order valence-electron chi connectivity index (χ1n) is 6.00. The molecule has 0 heterocycles. The largest absolute Gasteiger partial charge is 0.397 e. The second-order valence-electron chi connectivity index (χ2n) is 4.60. The molecule has 0 spiro atoms. The highest BCUT2D eigenvalue weighted by atomic mass is 16.3. The summed E-state index contributed by atoms with van der Waals surface area (Å²) in [7, 11) is 0. The van der Waals surface area contributed by atoms with Crippen LogP contribution in [0.1, 0.15) is 19.3 Å². The van der Waals surface area contributed by atoms with Gasteiger partial charge in [-0.1, -0.05) is 18.6 Å². The Hall–Kier alpha value is -1.22. The zero-order valence-electron chi connectivity index (χ0n) is 9.52. The highest BCUT2D eigenvalue weighted by molar-refractivity contribution is 5.65. The van der Waals surface area contributed by atoms with Crippen molar-refractivity contribution >= 4 is 11.4 Å². The average molecular weight is 220 g/mol. The number of aliphatic hydroxyl groups excluding tert-OH is 1. The maximum atomic E-state index is 9.24.